The Hall–Kier alpha value is -1.20. The maximum absolute atomic E-state index is 10.7. The number of nitrogens with one attached hydrogen (secondary N) is 1. The number of hydrogen-bond donors (Lipinski definition) is 2. The Morgan fingerprint density at radius 2 is 1.78 bits per heavy atom. The molecule has 0 aliphatic carbocycles. The van der Waals surface area contributed by atoms with E-state index in [1.165, 1.54) is 0 Å². The molecule has 0 radical (unpaired) electrons. The van der Waals surface area contributed by atoms with Crippen molar-refractivity contribution in [3.8, 4) is 0 Å². The lowest BCUT2D eigenvalue weighted by molar-refractivity contribution is -0.114. The summed E-state index contributed by atoms with van der Waals surface area (Å²) in [6.45, 7) is 12.7. The lowest BCUT2D eigenvalue weighted by atomic mass is 10.0. The van der Waals surface area contributed by atoms with Crippen LogP contribution in [0, 0.1) is 0 Å². The predicted molar refractivity (Wildman–Crippen MR) is 94.4 cm³/mol. The van der Waals surface area contributed by atoms with Crippen LogP contribution in [0.25, 0.3) is 0 Å². The molecule has 1 aromatic carbocycles. The van der Waals surface area contributed by atoms with Crippen molar-refractivity contribution < 1.29 is 14.6 Å². The van der Waals surface area contributed by atoms with E-state index < -0.39 is 12.2 Å². The lowest BCUT2D eigenvalue weighted by Gasteiger charge is -2.30. The minimum atomic E-state index is -0.725. The summed E-state index contributed by atoms with van der Waals surface area (Å²) in [6.07, 6.45) is 0.714. The van der Waals surface area contributed by atoms with Gasteiger partial charge in [0.2, 0.25) is 0 Å². The average molecular weight is 321 g/mol. The van der Waals surface area contributed by atoms with Crippen molar-refractivity contribution in [3.05, 3.63) is 48.6 Å². The molecule has 0 amide bonds. The molecule has 0 aliphatic rings. The zero-order chi connectivity index (χ0) is 17.2. The summed E-state index contributed by atoms with van der Waals surface area (Å²) < 4.78 is 11.5. The van der Waals surface area contributed by atoms with Crippen LogP contribution in [0.4, 0.5) is 0 Å². The molecule has 0 heterocycles. The molecule has 2 N–H and O–H groups in total. The van der Waals surface area contributed by atoms with Gasteiger partial charge in [-0.1, -0.05) is 36.4 Å². The van der Waals surface area contributed by atoms with Crippen LogP contribution in [-0.4, -0.2) is 42.2 Å². The third kappa shape index (κ3) is 7.75. The van der Waals surface area contributed by atoms with Crippen molar-refractivity contribution in [2.24, 2.45) is 0 Å². The van der Waals surface area contributed by atoms with Crippen LogP contribution in [-0.2, 0) is 16.0 Å². The molecule has 0 saturated heterocycles. The summed E-state index contributed by atoms with van der Waals surface area (Å²) in [5.41, 5.74) is 1.16. The summed E-state index contributed by atoms with van der Waals surface area (Å²) in [5, 5.41) is 14.0. The van der Waals surface area contributed by atoms with Crippen molar-refractivity contribution in [2.75, 3.05) is 6.61 Å². The highest BCUT2D eigenvalue weighted by Crippen LogP contribution is 2.11. The maximum atomic E-state index is 10.7. The molecule has 1 rings (SSSR count). The standard InChI is InChI=1S/C19H31NO3/c1-6-17(20-12-16-10-8-7-9-11-16)19(21)18(23-15(4)5)13-22-14(2)3/h6-11,14-15,17-21H,1,12-13H2,2-5H3/t17-,18-,19-/m1/s1. The normalized spacial score (nSPS) is 15.6. The molecule has 4 heteroatoms. The molecule has 0 saturated carbocycles. The third-order valence-electron chi connectivity index (χ3n) is 3.43. The van der Waals surface area contributed by atoms with Crippen LogP contribution >= 0.6 is 0 Å². The van der Waals surface area contributed by atoms with Gasteiger partial charge in [0.05, 0.1) is 24.9 Å². The van der Waals surface area contributed by atoms with Gasteiger partial charge in [0.15, 0.2) is 0 Å². The average Bonchev–Trinajstić information content (AvgIpc) is 2.52. The van der Waals surface area contributed by atoms with Crippen molar-refractivity contribution >= 4 is 0 Å². The van der Waals surface area contributed by atoms with E-state index in [9.17, 15) is 5.11 Å². The zero-order valence-electron chi connectivity index (χ0n) is 14.7. The number of aliphatic hydroxyl groups is 1. The van der Waals surface area contributed by atoms with Gasteiger partial charge in [0, 0.05) is 6.54 Å². The van der Waals surface area contributed by atoms with Crippen molar-refractivity contribution in [2.45, 2.75) is 64.7 Å². The van der Waals surface area contributed by atoms with Crippen LogP contribution in [0.5, 0.6) is 0 Å². The Labute approximate surface area is 140 Å². The summed E-state index contributed by atoms with van der Waals surface area (Å²) >= 11 is 0. The Kier molecular flexibility index (Phi) is 9.10. The van der Waals surface area contributed by atoms with Gasteiger partial charge in [-0.05, 0) is 33.3 Å². The Bertz CT molecular complexity index is 434. The molecule has 0 bridgehead atoms. The fourth-order valence-electron chi connectivity index (χ4n) is 2.26. The summed E-state index contributed by atoms with van der Waals surface area (Å²) in [7, 11) is 0. The Balaban J connectivity index is 2.64. The number of aliphatic hydroxyl groups excluding tert-OH is 1. The predicted octanol–water partition coefficient (Wildman–Crippen LogP) is 2.91. The molecular formula is C19H31NO3. The van der Waals surface area contributed by atoms with Crippen LogP contribution in [0.15, 0.2) is 43.0 Å². The summed E-state index contributed by atoms with van der Waals surface area (Å²) in [4.78, 5) is 0. The van der Waals surface area contributed by atoms with Crippen molar-refractivity contribution in [1.82, 2.24) is 5.32 Å². The van der Waals surface area contributed by atoms with Crippen LogP contribution in [0.2, 0.25) is 0 Å². The van der Waals surface area contributed by atoms with Gasteiger partial charge in [-0.3, -0.25) is 0 Å². The molecule has 0 unspecified atom stereocenters. The summed E-state index contributed by atoms with van der Waals surface area (Å²) in [5.74, 6) is 0. The molecule has 0 aliphatic heterocycles. The molecule has 0 aromatic heterocycles. The molecule has 130 valence electrons. The van der Waals surface area contributed by atoms with Crippen LogP contribution < -0.4 is 5.32 Å². The molecule has 3 atom stereocenters. The fraction of sp³-hybridized carbons (Fsp3) is 0.579. The SMILES string of the molecule is C=C[C@@H](NCc1ccccc1)[C@@H](O)[C@@H](COC(C)C)OC(C)C. The van der Waals surface area contributed by atoms with E-state index in [-0.39, 0.29) is 18.2 Å². The second kappa shape index (κ2) is 10.6. The zero-order valence-corrected chi connectivity index (χ0v) is 14.7. The Morgan fingerprint density at radius 1 is 1.13 bits per heavy atom. The lowest BCUT2D eigenvalue weighted by Crippen LogP contribution is -2.48. The van der Waals surface area contributed by atoms with Gasteiger partial charge in [-0.2, -0.15) is 0 Å². The van der Waals surface area contributed by atoms with E-state index in [2.05, 4.69) is 11.9 Å². The maximum Gasteiger partial charge on any atom is 0.109 e. The third-order valence-corrected chi connectivity index (χ3v) is 3.43. The quantitative estimate of drug-likeness (QED) is 0.615. The number of hydrogen-bond acceptors (Lipinski definition) is 4. The smallest absolute Gasteiger partial charge is 0.109 e. The Morgan fingerprint density at radius 3 is 2.30 bits per heavy atom. The van der Waals surface area contributed by atoms with Gasteiger partial charge in [0.1, 0.15) is 12.2 Å². The minimum absolute atomic E-state index is 0.0185. The van der Waals surface area contributed by atoms with Gasteiger partial charge in [-0.15, -0.1) is 6.58 Å². The van der Waals surface area contributed by atoms with E-state index in [4.69, 9.17) is 9.47 Å². The van der Waals surface area contributed by atoms with Crippen LogP contribution in [0.3, 0.4) is 0 Å². The highest BCUT2D eigenvalue weighted by atomic mass is 16.5. The molecule has 23 heavy (non-hydrogen) atoms. The molecule has 1 aromatic rings. The van der Waals surface area contributed by atoms with E-state index in [1.807, 2.05) is 58.0 Å². The molecular weight excluding hydrogens is 290 g/mol. The first-order valence-corrected chi connectivity index (χ1v) is 8.29. The van der Waals surface area contributed by atoms with Crippen LogP contribution in [0.1, 0.15) is 33.3 Å². The minimum Gasteiger partial charge on any atom is -0.388 e. The second-order valence-electron chi connectivity index (χ2n) is 6.22. The highest BCUT2D eigenvalue weighted by Gasteiger charge is 2.28. The number of rotatable bonds is 11. The molecule has 0 fully saturated rings. The largest absolute Gasteiger partial charge is 0.388 e. The van der Waals surface area contributed by atoms with Gasteiger partial charge < -0.3 is 19.9 Å². The topological polar surface area (TPSA) is 50.7 Å². The fourth-order valence-corrected chi connectivity index (χ4v) is 2.26. The number of benzene rings is 1. The monoisotopic (exact) mass is 321 g/mol. The first-order valence-electron chi connectivity index (χ1n) is 8.29. The van der Waals surface area contributed by atoms with Gasteiger partial charge in [-0.25, -0.2) is 0 Å². The first-order chi connectivity index (χ1) is 10.9. The van der Waals surface area contributed by atoms with Gasteiger partial charge >= 0.3 is 0 Å². The van der Waals surface area contributed by atoms with Crippen molar-refractivity contribution in [1.29, 1.82) is 0 Å². The van der Waals surface area contributed by atoms with Gasteiger partial charge in [0.25, 0.3) is 0 Å². The number of ether oxygens (including phenoxy) is 2. The second-order valence-corrected chi connectivity index (χ2v) is 6.22. The van der Waals surface area contributed by atoms with E-state index in [1.54, 1.807) is 6.08 Å². The van der Waals surface area contributed by atoms with Crippen molar-refractivity contribution in [3.63, 3.8) is 0 Å². The summed E-state index contributed by atoms with van der Waals surface area (Å²) in [6, 6.07) is 9.80. The molecule has 4 nitrogen and oxygen atoms in total. The van der Waals surface area contributed by atoms with E-state index in [0.29, 0.717) is 13.2 Å². The van der Waals surface area contributed by atoms with E-state index >= 15 is 0 Å². The molecule has 0 spiro atoms. The highest BCUT2D eigenvalue weighted by molar-refractivity contribution is 5.14. The first kappa shape index (κ1) is 19.8. The van der Waals surface area contributed by atoms with E-state index in [0.717, 1.165) is 5.56 Å².